The molecule has 4 nitrogen and oxygen atoms in total. The van der Waals surface area contributed by atoms with Crippen LogP contribution in [-0.4, -0.2) is 49.2 Å². The first-order chi connectivity index (χ1) is 8.02. The molecule has 1 amide bonds. The minimum absolute atomic E-state index is 0.230. The van der Waals surface area contributed by atoms with E-state index in [1.807, 2.05) is 18.7 Å². The van der Waals surface area contributed by atoms with E-state index >= 15 is 0 Å². The molecule has 4 heteroatoms. The maximum absolute atomic E-state index is 12.2. The molecule has 2 unspecified atom stereocenters. The van der Waals surface area contributed by atoms with E-state index in [2.05, 4.69) is 5.32 Å². The van der Waals surface area contributed by atoms with Crippen molar-refractivity contribution in [1.29, 1.82) is 0 Å². The molecule has 0 aromatic heterocycles. The number of carbonyl (C=O) groups excluding carboxylic acids is 1. The standard InChI is InChI=1S/C13H24N2O2/c1-13(2,17-3)7-12(16)15-8-10-5-4-6-14-11(10)9-15/h10-11,14H,4-9H2,1-3H3. The van der Waals surface area contributed by atoms with Gasteiger partial charge in [-0.1, -0.05) is 0 Å². The molecule has 0 aromatic rings. The Morgan fingerprint density at radius 3 is 2.88 bits per heavy atom. The number of carbonyl (C=O) groups is 1. The molecule has 98 valence electrons. The maximum Gasteiger partial charge on any atom is 0.225 e. The lowest BCUT2D eigenvalue weighted by Crippen LogP contribution is -2.41. The number of hydrogen-bond donors (Lipinski definition) is 1. The van der Waals surface area contributed by atoms with Gasteiger partial charge >= 0.3 is 0 Å². The van der Waals surface area contributed by atoms with Crippen LogP contribution < -0.4 is 5.32 Å². The Morgan fingerprint density at radius 1 is 1.47 bits per heavy atom. The summed E-state index contributed by atoms with van der Waals surface area (Å²) in [5.74, 6) is 0.895. The van der Waals surface area contributed by atoms with E-state index in [0.29, 0.717) is 18.4 Å². The number of fused-ring (bicyclic) bond motifs is 1. The number of hydrogen-bond acceptors (Lipinski definition) is 3. The van der Waals surface area contributed by atoms with Crippen LogP contribution >= 0.6 is 0 Å². The van der Waals surface area contributed by atoms with E-state index in [0.717, 1.165) is 19.6 Å². The first-order valence-electron chi connectivity index (χ1n) is 6.58. The highest BCUT2D eigenvalue weighted by Crippen LogP contribution is 2.26. The van der Waals surface area contributed by atoms with Crippen LogP contribution in [0.15, 0.2) is 0 Å². The molecule has 0 bridgehead atoms. The summed E-state index contributed by atoms with van der Waals surface area (Å²) in [7, 11) is 1.67. The molecule has 0 saturated carbocycles. The molecular weight excluding hydrogens is 216 g/mol. The van der Waals surface area contributed by atoms with Crippen molar-refractivity contribution < 1.29 is 9.53 Å². The Kier molecular flexibility index (Phi) is 3.73. The van der Waals surface area contributed by atoms with Gasteiger partial charge in [-0.2, -0.15) is 0 Å². The normalized spacial score (nSPS) is 29.2. The van der Waals surface area contributed by atoms with E-state index in [1.165, 1.54) is 12.8 Å². The lowest BCUT2D eigenvalue weighted by atomic mass is 9.94. The SMILES string of the molecule is COC(C)(C)CC(=O)N1CC2CCCNC2C1. The Hall–Kier alpha value is -0.610. The summed E-state index contributed by atoms with van der Waals surface area (Å²) >= 11 is 0. The van der Waals surface area contributed by atoms with E-state index in [-0.39, 0.29) is 11.5 Å². The number of likely N-dealkylation sites (tertiary alicyclic amines) is 1. The zero-order chi connectivity index (χ0) is 12.5. The van der Waals surface area contributed by atoms with E-state index in [1.54, 1.807) is 7.11 Å². The lowest BCUT2D eigenvalue weighted by molar-refractivity contribution is -0.135. The monoisotopic (exact) mass is 240 g/mol. The van der Waals surface area contributed by atoms with Crippen LogP contribution in [0.2, 0.25) is 0 Å². The summed E-state index contributed by atoms with van der Waals surface area (Å²) in [4.78, 5) is 14.2. The molecule has 2 aliphatic rings. The van der Waals surface area contributed by atoms with Gasteiger partial charge in [0.2, 0.25) is 5.91 Å². The maximum atomic E-state index is 12.2. The molecule has 2 heterocycles. The summed E-state index contributed by atoms with van der Waals surface area (Å²) in [6, 6.07) is 0.526. The molecule has 2 atom stereocenters. The van der Waals surface area contributed by atoms with Gasteiger partial charge in [-0.3, -0.25) is 4.79 Å². The third-order valence-corrected chi connectivity index (χ3v) is 4.08. The second-order valence-electron chi connectivity index (χ2n) is 5.90. The molecule has 0 radical (unpaired) electrons. The number of nitrogens with zero attached hydrogens (tertiary/aromatic N) is 1. The molecule has 1 N–H and O–H groups in total. The number of ether oxygens (including phenoxy) is 1. The van der Waals surface area contributed by atoms with Crippen molar-refractivity contribution in [3.63, 3.8) is 0 Å². The van der Waals surface area contributed by atoms with Crippen molar-refractivity contribution in [1.82, 2.24) is 10.2 Å². The van der Waals surface area contributed by atoms with E-state index in [4.69, 9.17) is 4.74 Å². The number of piperidine rings is 1. The number of nitrogens with one attached hydrogen (secondary N) is 1. The van der Waals surface area contributed by atoms with Gasteiger partial charge in [0, 0.05) is 26.2 Å². The minimum atomic E-state index is -0.349. The molecule has 2 rings (SSSR count). The second-order valence-corrected chi connectivity index (χ2v) is 5.90. The molecule has 2 saturated heterocycles. The topological polar surface area (TPSA) is 41.6 Å². The van der Waals surface area contributed by atoms with E-state index in [9.17, 15) is 4.79 Å². The third-order valence-electron chi connectivity index (χ3n) is 4.08. The van der Waals surface area contributed by atoms with Crippen LogP contribution in [-0.2, 0) is 9.53 Å². The van der Waals surface area contributed by atoms with Crippen LogP contribution in [0.4, 0.5) is 0 Å². The average molecular weight is 240 g/mol. The van der Waals surface area contributed by atoms with Crippen molar-refractivity contribution in [2.75, 3.05) is 26.7 Å². The first-order valence-corrected chi connectivity index (χ1v) is 6.58. The second kappa shape index (κ2) is 4.94. The minimum Gasteiger partial charge on any atom is -0.378 e. The van der Waals surface area contributed by atoms with Crippen LogP contribution in [0.25, 0.3) is 0 Å². The summed E-state index contributed by atoms with van der Waals surface area (Å²) < 4.78 is 5.32. The quantitative estimate of drug-likeness (QED) is 0.800. The van der Waals surface area contributed by atoms with Gasteiger partial charge in [0.05, 0.1) is 12.0 Å². The smallest absolute Gasteiger partial charge is 0.225 e. The van der Waals surface area contributed by atoms with Crippen molar-refractivity contribution in [3.05, 3.63) is 0 Å². The van der Waals surface area contributed by atoms with Gasteiger partial charge in [0.15, 0.2) is 0 Å². The van der Waals surface area contributed by atoms with Gasteiger partial charge in [-0.25, -0.2) is 0 Å². The van der Waals surface area contributed by atoms with E-state index < -0.39 is 0 Å². The van der Waals surface area contributed by atoms with Crippen molar-refractivity contribution in [2.45, 2.75) is 44.8 Å². The fraction of sp³-hybridized carbons (Fsp3) is 0.923. The van der Waals surface area contributed by atoms with Gasteiger partial charge < -0.3 is 15.0 Å². The zero-order valence-electron chi connectivity index (χ0n) is 11.2. The zero-order valence-corrected chi connectivity index (χ0v) is 11.2. The fourth-order valence-corrected chi connectivity index (χ4v) is 2.80. The fourth-order valence-electron chi connectivity index (χ4n) is 2.80. The molecular formula is C13H24N2O2. The van der Waals surface area contributed by atoms with Crippen molar-refractivity contribution in [2.24, 2.45) is 5.92 Å². The molecule has 0 spiro atoms. The van der Waals surface area contributed by atoms with Crippen molar-refractivity contribution >= 4 is 5.91 Å². The van der Waals surface area contributed by atoms with Crippen LogP contribution in [0.5, 0.6) is 0 Å². The molecule has 2 aliphatic heterocycles. The van der Waals surface area contributed by atoms with Crippen molar-refractivity contribution in [3.8, 4) is 0 Å². The average Bonchev–Trinajstić information content (AvgIpc) is 2.72. The Balaban J connectivity index is 1.89. The van der Waals surface area contributed by atoms with Crippen LogP contribution in [0.3, 0.4) is 0 Å². The van der Waals surface area contributed by atoms with Gasteiger partial charge in [0.1, 0.15) is 0 Å². The number of methoxy groups -OCH3 is 1. The lowest BCUT2D eigenvalue weighted by Gasteiger charge is -2.25. The number of rotatable bonds is 3. The Labute approximate surface area is 104 Å². The van der Waals surface area contributed by atoms with Crippen LogP contribution in [0.1, 0.15) is 33.1 Å². The number of amides is 1. The summed E-state index contributed by atoms with van der Waals surface area (Å²) in [5, 5.41) is 3.52. The highest BCUT2D eigenvalue weighted by Gasteiger charge is 2.37. The molecule has 2 fully saturated rings. The summed E-state index contributed by atoms with van der Waals surface area (Å²) in [5.41, 5.74) is -0.349. The Bertz CT molecular complexity index is 277. The Morgan fingerprint density at radius 2 is 2.24 bits per heavy atom. The highest BCUT2D eigenvalue weighted by molar-refractivity contribution is 5.77. The summed E-state index contributed by atoms with van der Waals surface area (Å²) in [6.07, 6.45) is 2.98. The molecule has 17 heavy (non-hydrogen) atoms. The summed E-state index contributed by atoms with van der Waals surface area (Å²) in [6.45, 7) is 6.84. The van der Waals surface area contributed by atoms with Gasteiger partial charge in [0.25, 0.3) is 0 Å². The van der Waals surface area contributed by atoms with Crippen LogP contribution in [0, 0.1) is 5.92 Å². The largest absolute Gasteiger partial charge is 0.378 e. The molecule has 0 aliphatic carbocycles. The highest BCUT2D eigenvalue weighted by atomic mass is 16.5. The third kappa shape index (κ3) is 2.99. The first kappa shape index (κ1) is 12.8. The predicted octanol–water partition coefficient (Wildman–Crippen LogP) is 1.01. The molecule has 0 aromatic carbocycles. The van der Waals surface area contributed by atoms with Gasteiger partial charge in [-0.05, 0) is 39.2 Å². The van der Waals surface area contributed by atoms with Gasteiger partial charge in [-0.15, -0.1) is 0 Å². The predicted molar refractivity (Wildman–Crippen MR) is 66.8 cm³/mol.